The summed E-state index contributed by atoms with van der Waals surface area (Å²) >= 11 is 1.78. The smallest absolute Gasteiger partial charge is 0.147 e. The lowest BCUT2D eigenvalue weighted by molar-refractivity contribution is 0.569. The molecule has 3 aromatic heterocycles. The Bertz CT molecular complexity index is 1010. The van der Waals surface area contributed by atoms with E-state index in [9.17, 15) is 0 Å². The molecule has 6 heteroatoms. The summed E-state index contributed by atoms with van der Waals surface area (Å²) in [5.74, 6) is 2.25. The minimum absolute atomic E-state index is 0.971. The molecule has 0 aromatic carbocycles. The Kier molecular flexibility index (Phi) is 5.53. The molecule has 0 bridgehead atoms. The fourth-order valence-corrected chi connectivity index (χ4v) is 6.04. The maximum Gasteiger partial charge on any atom is 0.147 e. The van der Waals surface area contributed by atoms with Crippen molar-refractivity contribution in [2.75, 3.05) is 29.9 Å². The van der Waals surface area contributed by atoms with Crippen molar-refractivity contribution in [1.82, 2.24) is 15.0 Å². The number of nitrogens with one attached hydrogen (secondary N) is 1. The number of rotatable bonds is 6. The molecule has 1 N–H and O–H groups in total. The van der Waals surface area contributed by atoms with Crippen molar-refractivity contribution >= 4 is 43.4 Å². The lowest BCUT2D eigenvalue weighted by atomic mass is 9.89. The van der Waals surface area contributed by atoms with Gasteiger partial charge in [-0.3, -0.25) is 0 Å². The van der Waals surface area contributed by atoms with Gasteiger partial charge in [0.25, 0.3) is 0 Å². The number of piperidine rings is 1. The Morgan fingerprint density at radius 2 is 1.83 bits per heavy atom. The van der Waals surface area contributed by atoms with Crippen molar-refractivity contribution in [3.8, 4) is 0 Å². The molecule has 154 valence electrons. The predicted molar refractivity (Wildman–Crippen MR) is 123 cm³/mol. The molecule has 3 aromatic rings. The predicted octanol–water partition coefficient (Wildman–Crippen LogP) is 5.71. The van der Waals surface area contributed by atoms with Crippen molar-refractivity contribution < 1.29 is 0 Å². The molecule has 0 unspecified atom stereocenters. The molecule has 0 saturated carbocycles. The largest absolute Gasteiger partial charge is 0.369 e. The molecular formula is C23H31N5S. The summed E-state index contributed by atoms with van der Waals surface area (Å²) in [7, 11) is 0. The number of thiophene rings is 1. The van der Waals surface area contributed by atoms with Crippen LogP contribution in [-0.4, -0.2) is 34.6 Å². The second-order valence-corrected chi connectivity index (χ2v) is 9.46. The van der Waals surface area contributed by atoms with Gasteiger partial charge in [-0.05, 0) is 62.5 Å². The Morgan fingerprint density at radius 1 is 1.00 bits per heavy atom. The first kappa shape index (κ1) is 19.0. The number of unbranched alkanes of at least 4 members (excludes halogenated alkanes) is 2. The third kappa shape index (κ3) is 3.56. The molecule has 0 amide bonds. The second-order valence-electron chi connectivity index (χ2n) is 8.46. The van der Waals surface area contributed by atoms with Crippen LogP contribution in [0.15, 0.2) is 6.33 Å². The first-order chi connectivity index (χ1) is 14.4. The minimum atomic E-state index is 0.971. The number of anilines is 2. The van der Waals surface area contributed by atoms with Crippen molar-refractivity contribution in [3.63, 3.8) is 0 Å². The van der Waals surface area contributed by atoms with Gasteiger partial charge in [-0.2, -0.15) is 0 Å². The van der Waals surface area contributed by atoms with Crippen LogP contribution in [0.1, 0.15) is 69.4 Å². The van der Waals surface area contributed by atoms with Crippen molar-refractivity contribution in [3.05, 3.63) is 17.5 Å². The molecule has 0 atom stereocenters. The van der Waals surface area contributed by atoms with E-state index in [2.05, 4.69) is 22.1 Å². The van der Waals surface area contributed by atoms with Crippen LogP contribution >= 0.6 is 11.3 Å². The van der Waals surface area contributed by atoms with Gasteiger partial charge >= 0.3 is 0 Å². The highest BCUT2D eigenvalue weighted by atomic mass is 32.1. The summed E-state index contributed by atoms with van der Waals surface area (Å²) in [5, 5.41) is 4.87. The van der Waals surface area contributed by atoms with Crippen LogP contribution in [0.25, 0.3) is 20.4 Å². The second kappa shape index (κ2) is 8.42. The highest BCUT2D eigenvalue weighted by Crippen LogP contribution is 2.42. The zero-order valence-corrected chi connectivity index (χ0v) is 18.3. The average molecular weight is 410 g/mol. The third-order valence-electron chi connectivity index (χ3n) is 6.43. The number of fused-ring (bicyclic) bond motifs is 5. The number of nitrogens with zero attached hydrogens (tertiary/aromatic N) is 4. The Labute approximate surface area is 177 Å². The summed E-state index contributed by atoms with van der Waals surface area (Å²) in [5.41, 5.74) is 4.12. The van der Waals surface area contributed by atoms with Crippen LogP contribution in [0.2, 0.25) is 0 Å². The molecule has 1 aliphatic carbocycles. The van der Waals surface area contributed by atoms with Gasteiger partial charge in [0.15, 0.2) is 0 Å². The van der Waals surface area contributed by atoms with Gasteiger partial charge in [0.1, 0.15) is 22.8 Å². The molecule has 0 radical (unpaired) electrons. The normalized spacial score (nSPS) is 17.1. The number of aromatic nitrogens is 3. The van der Waals surface area contributed by atoms with E-state index in [0.29, 0.717) is 0 Å². The Balaban J connectivity index is 1.62. The van der Waals surface area contributed by atoms with Gasteiger partial charge in [-0.25, -0.2) is 15.0 Å². The molecule has 1 aliphatic heterocycles. The van der Waals surface area contributed by atoms with E-state index in [-0.39, 0.29) is 0 Å². The molecule has 1 fully saturated rings. The highest BCUT2D eigenvalue weighted by molar-refractivity contribution is 7.26. The number of hydrogen-bond donors (Lipinski definition) is 1. The van der Waals surface area contributed by atoms with Gasteiger partial charge in [-0.15, -0.1) is 11.3 Å². The van der Waals surface area contributed by atoms with Gasteiger partial charge < -0.3 is 10.2 Å². The first-order valence-corrected chi connectivity index (χ1v) is 12.3. The lowest BCUT2D eigenvalue weighted by Gasteiger charge is -2.31. The third-order valence-corrected chi connectivity index (χ3v) is 7.51. The van der Waals surface area contributed by atoms with Crippen LogP contribution in [0.3, 0.4) is 0 Å². The van der Waals surface area contributed by atoms with Gasteiger partial charge in [0.2, 0.25) is 0 Å². The highest BCUT2D eigenvalue weighted by Gasteiger charge is 2.26. The SMILES string of the molecule is CCCCCNc1ncnc2c1sc1nc(N3CCCCC3)c3c(c12)CCCC3. The zero-order chi connectivity index (χ0) is 19.6. The van der Waals surface area contributed by atoms with Crippen LogP contribution in [-0.2, 0) is 12.8 Å². The molecule has 29 heavy (non-hydrogen) atoms. The Hall–Kier alpha value is -1.95. The summed E-state index contributed by atoms with van der Waals surface area (Å²) in [6.45, 7) is 5.52. The first-order valence-electron chi connectivity index (χ1n) is 11.4. The van der Waals surface area contributed by atoms with E-state index in [1.54, 1.807) is 17.7 Å². The molecule has 5 nitrogen and oxygen atoms in total. The van der Waals surface area contributed by atoms with E-state index in [0.717, 1.165) is 48.6 Å². The molecule has 4 heterocycles. The standard InChI is InChI=1S/C23H31N5S/c1-2-3-7-12-24-21-20-19(25-15-26-21)18-16-10-5-6-11-17(16)22(27-23(18)29-20)28-13-8-4-9-14-28/h15H,2-14H2,1H3,(H,24,25,26). The number of hydrogen-bond acceptors (Lipinski definition) is 6. The minimum Gasteiger partial charge on any atom is -0.369 e. The van der Waals surface area contributed by atoms with Crippen LogP contribution in [0.4, 0.5) is 11.6 Å². The molecule has 5 rings (SSSR count). The summed E-state index contributed by atoms with van der Waals surface area (Å²) in [6, 6.07) is 0. The monoisotopic (exact) mass is 409 g/mol. The van der Waals surface area contributed by atoms with Crippen LogP contribution < -0.4 is 10.2 Å². The van der Waals surface area contributed by atoms with E-state index in [1.165, 1.54) is 78.4 Å². The van der Waals surface area contributed by atoms with Gasteiger partial charge in [0, 0.05) is 25.0 Å². The molecule has 1 saturated heterocycles. The van der Waals surface area contributed by atoms with Gasteiger partial charge in [0.05, 0.1) is 10.2 Å². The fourth-order valence-electron chi connectivity index (χ4n) is 4.91. The van der Waals surface area contributed by atoms with Crippen LogP contribution in [0.5, 0.6) is 0 Å². The van der Waals surface area contributed by atoms with E-state index in [4.69, 9.17) is 9.97 Å². The van der Waals surface area contributed by atoms with Crippen molar-refractivity contribution in [1.29, 1.82) is 0 Å². The van der Waals surface area contributed by atoms with Crippen molar-refractivity contribution in [2.45, 2.75) is 71.1 Å². The summed E-state index contributed by atoms with van der Waals surface area (Å²) in [6.07, 6.45) is 14.2. The fraction of sp³-hybridized carbons (Fsp3) is 0.609. The molecule has 0 spiro atoms. The number of aryl methyl sites for hydroxylation is 1. The van der Waals surface area contributed by atoms with Crippen LogP contribution in [0, 0.1) is 0 Å². The number of pyridine rings is 1. The Morgan fingerprint density at radius 3 is 2.66 bits per heavy atom. The lowest BCUT2D eigenvalue weighted by Crippen LogP contribution is -2.31. The zero-order valence-electron chi connectivity index (χ0n) is 17.5. The van der Waals surface area contributed by atoms with E-state index >= 15 is 0 Å². The molecular weight excluding hydrogens is 378 g/mol. The van der Waals surface area contributed by atoms with E-state index < -0.39 is 0 Å². The quantitative estimate of drug-likeness (QED) is 0.528. The maximum absolute atomic E-state index is 5.25. The topological polar surface area (TPSA) is 53.9 Å². The average Bonchev–Trinajstić information content (AvgIpc) is 3.16. The summed E-state index contributed by atoms with van der Waals surface area (Å²) < 4.78 is 1.18. The van der Waals surface area contributed by atoms with E-state index in [1.807, 2.05) is 0 Å². The maximum atomic E-state index is 5.25. The van der Waals surface area contributed by atoms with Crippen molar-refractivity contribution in [2.24, 2.45) is 0 Å². The van der Waals surface area contributed by atoms with Gasteiger partial charge in [-0.1, -0.05) is 19.8 Å². The molecule has 2 aliphatic rings. The summed E-state index contributed by atoms with van der Waals surface area (Å²) in [4.78, 5) is 18.3.